The van der Waals surface area contributed by atoms with Crippen molar-refractivity contribution < 1.29 is 18.7 Å². The van der Waals surface area contributed by atoms with Crippen LogP contribution >= 0.6 is 0 Å². The van der Waals surface area contributed by atoms with Gasteiger partial charge in [-0.25, -0.2) is 14.2 Å². The van der Waals surface area contributed by atoms with E-state index in [1.165, 1.54) is 12.3 Å². The first-order valence-electron chi connectivity index (χ1n) is 11.5. The van der Waals surface area contributed by atoms with Gasteiger partial charge in [-0.2, -0.15) is 0 Å². The number of rotatable bonds is 2. The molecule has 9 heteroatoms. The molecule has 0 fully saturated rings. The summed E-state index contributed by atoms with van der Waals surface area (Å²) >= 11 is 0. The number of halogens is 1. The van der Waals surface area contributed by atoms with E-state index in [1.807, 2.05) is 30.3 Å². The Bertz CT molecular complexity index is 1440. The highest BCUT2D eigenvalue weighted by atomic mass is 19.1. The van der Waals surface area contributed by atoms with Gasteiger partial charge in [0.05, 0.1) is 12.0 Å². The number of carbonyl (C=O) groups excluding carboxylic acids is 2. The summed E-state index contributed by atoms with van der Waals surface area (Å²) in [5.74, 6) is -0.706. The average molecular weight is 486 g/mol. The van der Waals surface area contributed by atoms with E-state index in [2.05, 4.69) is 20.9 Å². The molecule has 2 amide bonds. The minimum absolute atomic E-state index is 0.108. The van der Waals surface area contributed by atoms with Crippen LogP contribution in [0, 0.1) is 5.82 Å². The number of pyridine rings is 1. The Labute approximate surface area is 206 Å². The van der Waals surface area contributed by atoms with Crippen LogP contribution in [0.5, 0.6) is 0 Å². The number of amides is 2. The number of nitrogens with one attached hydrogen (secondary N) is 3. The summed E-state index contributed by atoms with van der Waals surface area (Å²) in [4.78, 5) is 29.4. The van der Waals surface area contributed by atoms with E-state index in [0.29, 0.717) is 28.7 Å². The molecule has 6 rings (SSSR count). The third kappa shape index (κ3) is 5.05. The number of aromatic nitrogens is 1. The lowest BCUT2D eigenvalue weighted by Gasteiger charge is -2.21. The van der Waals surface area contributed by atoms with Crippen LogP contribution in [-0.4, -0.2) is 23.6 Å². The molecule has 1 atom stereocenters. The van der Waals surface area contributed by atoms with Crippen molar-refractivity contribution in [1.29, 1.82) is 0 Å². The predicted octanol–water partition coefficient (Wildman–Crippen LogP) is 4.53. The highest BCUT2D eigenvalue weighted by Crippen LogP contribution is 2.29. The summed E-state index contributed by atoms with van der Waals surface area (Å²) in [7, 11) is 0. The summed E-state index contributed by atoms with van der Waals surface area (Å²) in [6.45, 7) is 0.440. The number of carbonyl (C=O) groups is 2. The summed E-state index contributed by atoms with van der Waals surface area (Å²) in [6.07, 6.45) is 1.49. The van der Waals surface area contributed by atoms with Crippen molar-refractivity contribution >= 4 is 40.0 Å². The third-order valence-electron chi connectivity index (χ3n) is 5.99. The minimum Gasteiger partial charge on any atom is -0.449 e. The van der Waals surface area contributed by atoms with Gasteiger partial charge in [0.2, 0.25) is 5.91 Å². The number of benzene rings is 3. The molecule has 2 aliphatic rings. The number of anilines is 3. The number of nitrogens with two attached hydrogens (primary N) is 1. The molecule has 182 valence electrons. The fourth-order valence-electron chi connectivity index (χ4n) is 4.18. The van der Waals surface area contributed by atoms with Crippen LogP contribution in [-0.2, 0) is 22.5 Å². The van der Waals surface area contributed by atoms with Gasteiger partial charge in [0, 0.05) is 30.5 Å². The van der Waals surface area contributed by atoms with E-state index >= 15 is 0 Å². The van der Waals surface area contributed by atoms with Crippen molar-refractivity contribution in [3.63, 3.8) is 0 Å². The van der Waals surface area contributed by atoms with Crippen LogP contribution in [0.2, 0.25) is 0 Å². The molecule has 5 N–H and O–H groups in total. The molecule has 0 aliphatic carbocycles. The van der Waals surface area contributed by atoms with Crippen molar-refractivity contribution in [2.75, 3.05) is 23.0 Å². The molecule has 0 radical (unpaired) electrons. The lowest BCUT2D eigenvalue weighted by atomic mass is 10.0. The number of ether oxygens (including phenoxy) is 1. The summed E-state index contributed by atoms with van der Waals surface area (Å²) < 4.78 is 20.2. The van der Waals surface area contributed by atoms with Gasteiger partial charge in [-0.05, 0) is 52.4 Å². The molecule has 1 aromatic heterocycles. The zero-order chi connectivity index (χ0) is 25.1. The van der Waals surface area contributed by atoms with Crippen LogP contribution in [0.4, 0.5) is 26.4 Å². The zero-order valence-electron chi connectivity index (χ0n) is 19.3. The molecule has 0 spiro atoms. The number of hydrogen-bond donors (Lipinski definition) is 4. The van der Waals surface area contributed by atoms with Crippen molar-refractivity contribution in [2.24, 2.45) is 0 Å². The van der Waals surface area contributed by atoms with Gasteiger partial charge >= 0.3 is 6.09 Å². The largest absolute Gasteiger partial charge is 0.449 e. The van der Waals surface area contributed by atoms with Gasteiger partial charge in [0.15, 0.2) is 0 Å². The van der Waals surface area contributed by atoms with Gasteiger partial charge in [-0.3, -0.25) is 10.1 Å². The minimum atomic E-state index is -0.790. The van der Waals surface area contributed by atoms with E-state index in [1.54, 1.807) is 30.3 Å². The van der Waals surface area contributed by atoms with E-state index in [4.69, 9.17) is 10.5 Å². The lowest BCUT2D eigenvalue weighted by molar-refractivity contribution is -0.122. The van der Waals surface area contributed by atoms with E-state index in [0.717, 1.165) is 11.1 Å². The fourth-order valence-corrected chi connectivity index (χ4v) is 4.18. The fraction of sp³-hybridized carbons (Fsp3) is 0.148. The maximum absolute atomic E-state index is 14.9. The van der Waals surface area contributed by atoms with Gasteiger partial charge in [-0.15, -0.1) is 0 Å². The SMILES string of the molecule is Nc1nccc2cc(N[C@H]3C(=O)NCc4cccc(c4)NC(=O)OCCc4ccc3cc4)cc(F)c12. The Balaban J connectivity index is 1.48. The highest BCUT2D eigenvalue weighted by molar-refractivity contribution is 5.94. The van der Waals surface area contributed by atoms with E-state index in [9.17, 15) is 14.0 Å². The van der Waals surface area contributed by atoms with Crippen LogP contribution in [0.3, 0.4) is 0 Å². The molecule has 4 aromatic rings. The van der Waals surface area contributed by atoms with Crippen molar-refractivity contribution in [3.05, 3.63) is 95.4 Å². The zero-order valence-corrected chi connectivity index (χ0v) is 19.3. The third-order valence-corrected chi connectivity index (χ3v) is 5.99. The Morgan fingerprint density at radius 1 is 1.03 bits per heavy atom. The predicted molar refractivity (Wildman–Crippen MR) is 136 cm³/mol. The Hall–Kier alpha value is -4.66. The molecule has 0 saturated carbocycles. The molecule has 4 bridgehead atoms. The quantitative estimate of drug-likeness (QED) is 0.331. The lowest BCUT2D eigenvalue weighted by Crippen LogP contribution is -2.33. The molecule has 3 heterocycles. The summed E-state index contributed by atoms with van der Waals surface area (Å²) in [6, 6.07) is 18.5. The maximum Gasteiger partial charge on any atom is 0.411 e. The van der Waals surface area contributed by atoms with E-state index in [-0.39, 0.29) is 30.3 Å². The number of nitrogen functional groups attached to an aromatic ring is 1. The van der Waals surface area contributed by atoms with Crippen molar-refractivity contribution in [3.8, 4) is 0 Å². The second-order valence-electron chi connectivity index (χ2n) is 8.50. The molecule has 0 saturated heterocycles. The highest BCUT2D eigenvalue weighted by Gasteiger charge is 2.22. The number of fused-ring (bicyclic) bond motifs is 10. The van der Waals surface area contributed by atoms with Gasteiger partial charge in [-0.1, -0.05) is 36.4 Å². The van der Waals surface area contributed by atoms with E-state index < -0.39 is 18.0 Å². The monoisotopic (exact) mass is 485 g/mol. The van der Waals surface area contributed by atoms with Crippen LogP contribution in [0.15, 0.2) is 72.9 Å². The Morgan fingerprint density at radius 2 is 1.86 bits per heavy atom. The number of hydrogen-bond acceptors (Lipinski definition) is 6. The van der Waals surface area contributed by atoms with Gasteiger partial charge in [0.25, 0.3) is 0 Å². The van der Waals surface area contributed by atoms with Crippen LogP contribution < -0.4 is 21.7 Å². The summed E-state index contributed by atoms with van der Waals surface area (Å²) in [5, 5.41) is 9.63. The molecule has 0 unspecified atom stereocenters. The second-order valence-corrected chi connectivity index (χ2v) is 8.50. The molecular formula is C27H24FN5O3. The topological polar surface area (TPSA) is 118 Å². The van der Waals surface area contributed by atoms with Crippen molar-refractivity contribution in [1.82, 2.24) is 10.3 Å². The normalized spacial score (nSPS) is 16.2. The first kappa shape index (κ1) is 23.1. The number of nitrogens with zero attached hydrogens (tertiary/aromatic N) is 1. The van der Waals surface area contributed by atoms with Gasteiger partial charge in [0.1, 0.15) is 17.7 Å². The average Bonchev–Trinajstić information content (AvgIpc) is 2.86. The molecule has 2 aliphatic heterocycles. The van der Waals surface area contributed by atoms with Crippen LogP contribution in [0.25, 0.3) is 10.8 Å². The molecule has 36 heavy (non-hydrogen) atoms. The Kier molecular flexibility index (Phi) is 6.36. The second kappa shape index (κ2) is 9.91. The molecule has 3 aromatic carbocycles. The molecular weight excluding hydrogens is 461 g/mol. The Morgan fingerprint density at radius 3 is 2.69 bits per heavy atom. The molecule has 8 nitrogen and oxygen atoms in total. The first-order chi connectivity index (χ1) is 17.5. The summed E-state index contributed by atoms with van der Waals surface area (Å²) in [5.41, 5.74) is 9.28. The smallest absolute Gasteiger partial charge is 0.411 e. The standard InChI is InChI=1S/C27H24FN5O3/c28-22-14-21(13-19-8-10-30-25(29)23(19)22)32-24-18-6-4-16(5-7-18)9-11-36-27(35)33-20-3-1-2-17(12-20)15-31-26(24)34/h1-8,10,12-14,24,32H,9,11,15H2,(H2,29,30)(H,31,34)(H,33,35)/t24-/m1/s1. The maximum atomic E-state index is 14.9. The first-order valence-corrected chi connectivity index (χ1v) is 11.5. The van der Waals surface area contributed by atoms with Gasteiger partial charge < -0.3 is 21.1 Å². The van der Waals surface area contributed by atoms with Crippen molar-refractivity contribution in [2.45, 2.75) is 19.0 Å². The van der Waals surface area contributed by atoms with Crippen LogP contribution in [0.1, 0.15) is 22.7 Å².